The van der Waals surface area contributed by atoms with E-state index >= 15 is 0 Å². The molecule has 1 fully saturated rings. The number of amides is 1. The van der Waals surface area contributed by atoms with Gasteiger partial charge in [-0.1, -0.05) is 13.0 Å². The number of benzene rings is 1. The molecule has 27 heavy (non-hydrogen) atoms. The molecule has 7 heteroatoms. The summed E-state index contributed by atoms with van der Waals surface area (Å²) in [4.78, 5) is 21.4. The van der Waals surface area contributed by atoms with Crippen LogP contribution in [-0.4, -0.2) is 55.7 Å². The van der Waals surface area contributed by atoms with Crippen LogP contribution in [0.4, 0.5) is 5.82 Å². The second kappa shape index (κ2) is 9.08. The number of anilines is 1. The van der Waals surface area contributed by atoms with Crippen LogP contribution in [0.5, 0.6) is 11.5 Å². The van der Waals surface area contributed by atoms with Crippen LogP contribution in [0.15, 0.2) is 41.0 Å². The minimum Gasteiger partial charge on any atom is -0.493 e. The molecule has 0 saturated carbocycles. The lowest BCUT2D eigenvalue weighted by molar-refractivity contribution is 0.0746. The third-order valence-electron chi connectivity index (χ3n) is 4.47. The Balaban J connectivity index is 1.70. The molecule has 1 aromatic heterocycles. The van der Waals surface area contributed by atoms with Crippen LogP contribution in [-0.2, 0) is 0 Å². The summed E-state index contributed by atoms with van der Waals surface area (Å²) in [7, 11) is 1.58. The second-order valence-corrected chi connectivity index (χ2v) is 7.16. The summed E-state index contributed by atoms with van der Waals surface area (Å²) >= 11 is 3.51. The van der Waals surface area contributed by atoms with Gasteiger partial charge in [0.2, 0.25) is 0 Å². The predicted molar refractivity (Wildman–Crippen MR) is 109 cm³/mol. The quantitative estimate of drug-likeness (QED) is 0.696. The molecule has 1 aromatic carbocycles. The molecule has 0 aliphatic carbocycles. The van der Waals surface area contributed by atoms with Crippen molar-refractivity contribution in [1.29, 1.82) is 0 Å². The summed E-state index contributed by atoms with van der Waals surface area (Å²) in [6.07, 6.45) is 2.69. The number of nitrogens with zero attached hydrogens (tertiary/aromatic N) is 3. The van der Waals surface area contributed by atoms with Gasteiger partial charge in [-0.05, 0) is 46.6 Å². The van der Waals surface area contributed by atoms with Crippen molar-refractivity contribution >= 4 is 27.7 Å². The van der Waals surface area contributed by atoms with Gasteiger partial charge in [0.25, 0.3) is 5.91 Å². The number of hydrogen-bond acceptors (Lipinski definition) is 5. The molecule has 0 N–H and O–H groups in total. The van der Waals surface area contributed by atoms with Crippen LogP contribution in [0, 0.1) is 0 Å². The van der Waals surface area contributed by atoms with E-state index in [1.165, 1.54) is 0 Å². The highest BCUT2D eigenvalue weighted by molar-refractivity contribution is 9.10. The molecule has 3 rings (SSSR count). The summed E-state index contributed by atoms with van der Waals surface area (Å²) in [5.41, 5.74) is 0.592. The minimum atomic E-state index is -0.00304. The Bertz CT molecular complexity index is 778. The number of carbonyl (C=O) groups excluding carboxylic acids is 1. The maximum Gasteiger partial charge on any atom is 0.254 e. The van der Waals surface area contributed by atoms with Crippen LogP contribution in [0.1, 0.15) is 23.7 Å². The number of hydrogen-bond donors (Lipinski definition) is 0. The minimum absolute atomic E-state index is 0.00304. The van der Waals surface area contributed by atoms with Crippen LogP contribution in [0.2, 0.25) is 0 Å². The molecule has 1 saturated heterocycles. The predicted octanol–water partition coefficient (Wildman–Crippen LogP) is 3.60. The molecule has 2 aromatic rings. The van der Waals surface area contributed by atoms with E-state index in [0.717, 1.165) is 29.8 Å². The number of ether oxygens (including phenoxy) is 2. The first-order valence-corrected chi connectivity index (χ1v) is 9.89. The van der Waals surface area contributed by atoms with Gasteiger partial charge >= 0.3 is 0 Å². The maximum absolute atomic E-state index is 13.0. The molecule has 0 unspecified atom stereocenters. The van der Waals surface area contributed by atoms with Gasteiger partial charge in [0.1, 0.15) is 5.82 Å². The van der Waals surface area contributed by atoms with Crippen LogP contribution >= 0.6 is 15.9 Å². The number of pyridine rings is 1. The molecular weight excluding hydrogens is 410 g/mol. The number of methoxy groups -OCH3 is 1. The maximum atomic E-state index is 13.0. The van der Waals surface area contributed by atoms with Crippen molar-refractivity contribution in [1.82, 2.24) is 9.88 Å². The first kappa shape index (κ1) is 19.5. The zero-order chi connectivity index (χ0) is 19.2. The largest absolute Gasteiger partial charge is 0.493 e. The highest BCUT2D eigenvalue weighted by atomic mass is 79.9. The van der Waals surface area contributed by atoms with Gasteiger partial charge in [0, 0.05) is 37.9 Å². The van der Waals surface area contributed by atoms with E-state index in [4.69, 9.17) is 9.47 Å². The van der Waals surface area contributed by atoms with E-state index in [2.05, 4.69) is 25.8 Å². The van der Waals surface area contributed by atoms with Crippen molar-refractivity contribution < 1.29 is 14.3 Å². The monoisotopic (exact) mass is 433 g/mol. The third-order valence-corrected chi connectivity index (χ3v) is 5.06. The summed E-state index contributed by atoms with van der Waals surface area (Å²) in [5.74, 6) is 2.15. The first-order chi connectivity index (χ1) is 13.1. The molecule has 1 amide bonds. The van der Waals surface area contributed by atoms with E-state index in [1.54, 1.807) is 25.4 Å². The Morgan fingerprint density at radius 1 is 1.22 bits per heavy atom. The average molecular weight is 434 g/mol. The fourth-order valence-electron chi connectivity index (χ4n) is 3.05. The van der Waals surface area contributed by atoms with Crippen molar-refractivity contribution in [3.63, 3.8) is 0 Å². The van der Waals surface area contributed by atoms with E-state index in [1.807, 2.05) is 30.0 Å². The lowest BCUT2D eigenvalue weighted by atomic mass is 10.1. The Morgan fingerprint density at radius 3 is 2.63 bits per heavy atom. The van der Waals surface area contributed by atoms with E-state index in [9.17, 15) is 4.79 Å². The van der Waals surface area contributed by atoms with Gasteiger partial charge in [-0.3, -0.25) is 4.79 Å². The SMILES string of the molecule is CCCOc1c(Br)cc(C(=O)N2CCN(c3ccccn3)CC2)cc1OC. The highest BCUT2D eigenvalue weighted by Gasteiger charge is 2.24. The molecule has 0 spiro atoms. The number of aromatic nitrogens is 1. The van der Waals surface area contributed by atoms with Crippen molar-refractivity contribution in [2.24, 2.45) is 0 Å². The van der Waals surface area contributed by atoms with Crippen molar-refractivity contribution in [3.05, 3.63) is 46.6 Å². The summed E-state index contributed by atoms with van der Waals surface area (Å²) in [6.45, 7) is 5.48. The number of carbonyl (C=O) groups is 1. The molecule has 0 radical (unpaired) electrons. The zero-order valence-electron chi connectivity index (χ0n) is 15.7. The number of halogens is 1. The van der Waals surface area contributed by atoms with Crippen LogP contribution < -0.4 is 14.4 Å². The smallest absolute Gasteiger partial charge is 0.254 e. The fraction of sp³-hybridized carbons (Fsp3) is 0.400. The summed E-state index contributed by atoms with van der Waals surface area (Å²) in [6, 6.07) is 9.44. The summed E-state index contributed by atoms with van der Waals surface area (Å²) < 4.78 is 11.9. The second-order valence-electron chi connectivity index (χ2n) is 6.31. The molecule has 0 bridgehead atoms. The van der Waals surface area contributed by atoms with Crippen LogP contribution in [0.3, 0.4) is 0 Å². The molecule has 144 valence electrons. The molecule has 1 aliphatic heterocycles. The van der Waals surface area contributed by atoms with Crippen LogP contribution in [0.25, 0.3) is 0 Å². The molecule has 2 heterocycles. The van der Waals surface area contributed by atoms with Crippen molar-refractivity contribution in [2.45, 2.75) is 13.3 Å². The molecule has 0 atom stereocenters. The average Bonchev–Trinajstić information content (AvgIpc) is 2.72. The Hall–Kier alpha value is -2.28. The Morgan fingerprint density at radius 2 is 2.00 bits per heavy atom. The van der Waals surface area contributed by atoms with Gasteiger partial charge in [0.15, 0.2) is 11.5 Å². The topological polar surface area (TPSA) is 54.9 Å². The van der Waals surface area contributed by atoms with Gasteiger partial charge in [-0.2, -0.15) is 0 Å². The normalized spacial score (nSPS) is 14.2. The standard InChI is InChI=1S/C20H24BrN3O3/c1-3-12-27-19-16(21)13-15(14-17(19)26-2)20(25)24-10-8-23(9-11-24)18-6-4-5-7-22-18/h4-7,13-14H,3,8-12H2,1-2H3. The van der Waals surface area contributed by atoms with Gasteiger partial charge in [0.05, 0.1) is 18.2 Å². The van der Waals surface area contributed by atoms with E-state index in [0.29, 0.717) is 36.8 Å². The Labute approximate surface area is 168 Å². The number of piperazine rings is 1. The van der Waals surface area contributed by atoms with E-state index in [-0.39, 0.29) is 5.91 Å². The molecule has 1 aliphatic rings. The van der Waals surface area contributed by atoms with Crippen molar-refractivity contribution in [2.75, 3.05) is 44.8 Å². The summed E-state index contributed by atoms with van der Waals surface area (Å²) in [5, 5.41) is 0. The lowest BCUT2D eigenvalue weighted by Crippen LogP contribution is -2.49. The Kier molecular flexibility index (Phi) is 6.55. The zero-order valence-corrected chi connectivity index (χ0v) is 17.2. The van der Waals surface area contributed by atoms with Crippen molar-refractivity contribution in [3.8, 4) is 11.5 Å². The lowest BCUT2D eigenvalue weighted by Gasteiger charge is -2.35. The number of rotatable bonds is 6. The molecule has 6 nitrogen and oxygen atoms in total. The highest BCUT2D eigenvalue weighted by Crippen LogP contribution is 2.37. The third kappa shape index (κ3) is 4.53. The first-order valence-electron chi connectivity index (χ1n) is 9.09. The molecular formula is C20H24BrN3O3. The van der Waals surface area contributed by atoms with Gasteiger partial charge in [-0.15, -0.1) is 0 Å². The fourth-order valence-corrected chi connectivity index (χ4v) is 3.61. The van der Waals surface area contributed by atoms with Gasteiger partial charge in [-0.25, -0.2) is 4.98 Å². The van der Waals surface area contributed by atoms with Gasteiger partial charge < -0.3 is 19.3 Å². The van der Waals surface area contributed by atoms with E-state index < -0.39 is 0 Å².